The summed E-state index contributed by atoms with van der Waals surface area (Å²) in [6.45, 7) is 2.15. The Hall–Kier alpha value is -3.07. The molecule has 0 aliphatic heterocycles. The molecule has 120 valence electrons. The number of rotatable bonds is 4. The minimum Gasteiger partial charge on any atom is -0.507 e. The molecule has 0 heterocycles. The van der Waals surface area contributed by atoms with Crippen LogP contribution in [-0.2, 0) is 4.74 Å². The number of benzene rings is 3. The van der Waals surface area contributed by atoms with Crippen molar-refractivity contribution in [2.45, 2.75) is 6.92 Å². The maximum absolute atomic E-state index is 11.6. The summed E-state index contributed by atoms with van der Waals surface area (Å²) in [5.41, 5.74) is 2.22. The molecule has 0 radical (unpaired) electrons. The second-order valence-corrected chi connectivity index (χ2v) is 5.43. The first-order valence-corrected chi connectivity index (χ1v) is 7.84. The Morgan fingerprint density at radius 2 is 1.67 bits per heavy atom. The SMILES string of the molecule is CCOC(=O)c1ccc(C=Cc2cc3ccccc3cc2O)cc1. The first kappa shape index (κ1) is 15.8. The first-order valence-electron chi connectivity index (χ1n) is 7.84. The normalized spacial score (nSPS) is 11.0. The van der Waals surface area contributed by atoms with Crippen molar-refractivity contribution >= 4 is 28.9 Å². The summed E-state index contributed by atoms with van der Waals surface area (Å²) in [7, 11) is 0. The van der Waals surface area contributed by atoms with Crippen molar-refractivity contribution in [3.05, 3.63) is 77.4 Å². The van der Waals surface area contributed by atoms with Crippen LogP contribution in [0.2, 0.25) is 0 Å². The van der Waals surface area contributed by atoms with Crippen molar-refractivity contribution < 1.29 is 14.6 Å². The third-order valence-corrected chi connectivity index (χ3v) is 3.77. The standard InChI is InChI=1S/C21H18O3/c1-2-24-21(23)16-10-7-15(8-11-16)9-12-19-13-17-5-3-4-6-18(17)14-20(19)22/h3-14,22H,2H2,1H3. The van der Waals surface area contributed by atoms with Crippen LogP contribution >= 0.6 is 0 Å². The van der Waals surface area contributed by atoms with Crippen LogP contribution in [0.3, 0.4) is 0 Å². The predicted octanol–water partition coefficient (Wildman–Crippen LogP) is 4.89. The Morgan fingerprint density at radius 1 is 1.00 bits per heavy atom. The van der Waals surface area contributed by atoms with Crippen LogP contribution in [0.4, 0.5) is 0 Å². The molecule has 0 amide bonds. The summed E-state index contributed by atoms with van der Waals surface area (Å²) in [5, 5.41) is 12.2. The van der Waals surface area contributed by atoms with Gasteiger partial charge in [0.1, 0.15) is 5.75 Å². The first-order chi connectivity index (χ1) is 11.7. The van der Waals surface area contributed by atoms with Gasteiger partial charge in [-0.1, -0.05) is 48.6 Å². The highest BCUT2D eigenvalue weighted by Gasteiger charge is 2.05. The van der Waals surface area contributed by atoms with Crippen molar-refractivity contribution in [1.29, 1.82) is 0 Å². The number of phenolic OH excluding ortho intramolecular Hbond substituents is 1. The molecule has 3 aromatic carbocycles. The van der Waals surface area contributed by atoms with Crippen LogP contribution in [0.25, 0.3) is 22.9 Å². The van der Waals surface area contributed by atoms with E-state index in [9.17, 15) is 9.90 Å². The van der Waals surface area contributed by atoms with Crippen molar-refractivity contribution in [3.63, 3.8) is 0 Å². The maximum Gasteiger partial charge on any atom is 0.338 e. The average Bonchev–Trinajstić information content (AvgIpc) is 2.60. The number of hydrogen-bond donors (Lipinski definition) is 1. The highest BCUT2D eigenvalue weighted by atomic mass is 16.5. The molecule has 24 heavy (non-hydrogen) atoms. The van der Waals surface area contributed by atoms with Crippen molar-refractivity contribution in [3.8, 4) is 5.75 Å². The van der Waals surface area contributed by atoms with E-state index in [4.69, 9.17) is 4.74 Å². The van der Waals surface area contributed by atoms with E-state index < -0.39 is 0 Å². The molecule has 0 spiro atoms. The van der Waals surface area contributed by atoms with E-state index >= 15 is 0 Å². The molecule has 1 N–H and O–H groups in total. The molecule has 0 aromatic heterocycles. The molecule has 3 aromatic rings. The van der Waals surface area contributed by atoms with Gasteiger partial charge in [0.05, 0.1) is 12.2 Å². The molecule has 0 saturated carbocycles. The van der Waals surface area contributed by atoms with Gasteiger partial charge in [0.25, 0.3) is 0 Å². The van der Waals surface area contributed by atoms with Gasteiger partial charge >= 0.3 is 5.97 Å². The summed E-state index contributed by atoms with van der Waals surface area (Å²) in [5.74, 6) is -0.0757. The molecular formula is C21H18O3. The van der Waals surface area contributed by atoms with Gasteiger partial charge in [-0.05, 0) is 47.5 Å². The lowest BCUT2D eigenvalue weighted by Gasteiger charge is -2.04. The fourth-order valence-corrected chi connectivity index (χ4v) is 2.51. The van der Waals surface area contributed by atoms with Crippen molar-refractivity contribution in [2.24, 2.45) is 0 Å². The van der Waals surface area contributed by atoms with Gasteiger partial charge in [0, 0.05) is 5.56 Å². The van der Waals surface area contributed by atoms with Gasteiger partial charge in [0.2, 0.25) is 0 Å². The number of hydrogen-bond acceptors (Lipinski definition) is 3. The van der Waals surface area contributed by atoms with Crippen molar-refractivity contribution in [1.82, 2.24) is 0 Å². The van der Waals surface area contributed by atoms with E-state index in [1.807, 2.05) is 54.6 Å². The number of carbonyl (C=O) groups is 1. The Labute approximate surface area is 140 Å². The van der Waals surface area contributed by atoms with Gasteiger partial charge in [-0.3, -0.25) is 0 Å². The Bertz CT molecular complexity index is 893. The molecule has 0 aliphatic rings. The molecule has 3 heteroatoms. The van der Waals surface area contributed by atoms with E-state index in [0.717, 1.165) is 21.9 Å². The number of fused-ring (bicyclic) bond motifs is 1. The molecule has 0 atom stereocenters. The quantitative estimate of drug-likeness (QED) is 0.550. The molecular weight excluding hydrogens is 300 g/mol. The molecule has 0 bridgehead atoms. The van der Waals surface area contributed by atoms with Crippen LogP contribution in [0, 0.1) is 0 Å². The topological polar surface area (TPSA) is 46.5 Å². The van der Waals surface area contributed by atoms with Gasteiger partial charge < -0.3 is 9.84 Å². The van der Waals surface area contributed by atoms with Crippen LogP contribution < -0.4 is 0 Å². The molecule has 3 rings (SSSR count). The van der Waals surface area contributed by atoms with E-state index in [1.165, 1.54) is 0 Å². The molecule has 0 aliphatic carbocycles. The summed E-state index contributed by atoms with van der Waals surface area (Å²) >= 11 is 0. The zero-order chi connectivity index (χ0) is 16.9. The Kier molecular flexibility index (Phi) is 4.62. The van der Waals surface area contributed by atoms with Gasteiger partial charge in [0.15, 0.2) is 0 Å². The lowest BCUT2D eigenvalue weighted by Crippen LogP contribution is -2.03. The zero-order valence-corrected chi connectivity index (χ0v) is 13.4. The predicted molar refractivity (Wildman–Crippen MR) is 96.9 cm³/mol. The maximum atomic E-state index is 11.6. The minimum atomic E-state index is -0.319. The van der Waals surface area contributed by atoms with E-state index in [0.29, 0.717) is 12.2 Å². The Morgan fingerprint density at radius 3 is 2.33 bits per heavy atom. The highest BCUT2D eigenvalue weighted by molar-refractivity contribution is 5.90. The monoisotopic (exact) mass is 318 g/mol. The summed E-state index contributed by atoms with van der Waals surface area (Å²) < 4.78 is 4.96. The number of aromatic hydroxyl groups is 1. The van der Waals surface area contributed by atoms with Crippen LogP contribution in [-0.4, -0.2) is 17.7 Å². The average molecular weight is 318 g/mol. The van der Waals surface area contributed by atoms with E-state index in [-0.39, 0.29) is 11.7 Å². The largest absolute Gasteiger partial charge is 0.507 e. The van der Waals surface area contributed by atoms with Gasteiger partial charge in [-0.25, -0.2) is 4.79 Å². The van der Waals surface area contributed by atoms with Gasteiger partial charge in [-0.15, -0.1) is 0 Å². The number of carbonyl (C=O) groups excluding carboxylic acids is 1. The fraction of sp³-hybridized carbons (Fsp3) is 0.0952. The smallest absolute Gasteiger partial charge is 0.338 e. The van der Waals surface area contributed by atoms with E-state index in [1.54, 1.807) is 25.1 Å². The van der Waals surface area contributed by atoms with Crippen LogP contribution in [0.15, 0.2) is 60.7 Å². The molecule has 0 saturated heterocycles. The summed E-state index contributed by atoms with van der Waals surface area (Å²) in [6, 6.07) is 18.8. The van der Waals surface area contributed by atoms with Crippen LogP contribution in [0.5, 0.6) is 5.75 Å². The second kappa shape index (κ2) is 7.01. The highest BCUT2D eigenvalue weighted by Crippen LogP contribution is 2.26. The second-order valence-electron chi connectivity index (χ2n) is 5.43. The van der Waals surface area contributed by atoms with Crippen LogP contribution in [0.1, 0.15) is 28.4 Å². The lowest BCUT2D eigenvalue weighted by molar-refractivity contribution is 0.0526. The van der Waals surface area contributed by atoms with Gasteiger partial charge in [-0.2, -0.15) is 0 Å². The minimum absolute atomic E-state index is 0.244. The number of ether oxygens (including phenoxy) is 1. The fourth-order valence-electron chi connectivity index (χ4n) is 2.51. The third kappa shape index (κ3) is 3.46. The summed E-state index contributed by atoms with van der Waals surface area (Å²) in [4.78, 5) is 11.6. The van der Waals surface area contributed by atoms with E-state index in [2.05, 4.69) is 0 Å². The zero-order valence-electron chi connectivity index (χ0n) is 13.4. The number of esters is 1. The van der Waals surface area contributed by atoms with Crippen molar-refractivity contribution in [2.75, 3.05) is 6.61 Å². The molecule has 0 unspecified atom stereocenters. The Balaban J connectivity index is 1.83. The molecule has 3 nitrogen and oxygen atoms in total. The lowest BCUT2D eigenvalue weighted by atomic mass is 10.0. The third-order valence-electron chi connectivity index (χ3n) is 3.77. The molecule has 0 fully saturated rings. The summed E-state index contributed by atoms with van der Waals surface area (Å²) in [6.07, 6.45) is 3.76. The number of phenols is 1.